The van der Waals surface area contributed by atoms with Gasteiger partial charge in [-0.15, -0.1) is 11.3 Å². The molecule has 1 aliphatic rings. The lowest BCUT2D eigenvalue weighted by molar-refractivity contribution is -0.117. The van der Waals surface area contributed by atoms with E-state index in [9.17, 15) is 14.7 Å². The highest BCUT2D eigenvalue weighted by molar-refractivity contribution is 7.17. The zero-order valence-corrected chi connectivity index (χ0v) is 19.5. The van der Waals surface area contributed by atoms with Crippen molar-refractivity contribution in [2.45, 2.75) is 13.0 Å². The van der Waals surface area contributed by atoms with Crippen LogP contribution in [0.25, 0.3) is 10.6 Å². The molecule has 3 heterocycles. The number of ketones is 1. The Morgan fingerprint density at radius 2 is 1.88 bits per heavy atom. The van der Waals surface area contributed by atoms with Gasteiger partial charge >= 0.3 is 0 Å². The molecule has 1 atom stereocenters. The largest absolute Gasteiger partial charge is 0.503 e. The van der Waals surface area contributed by atoms with Gasteiger partial charge < -0.3 is 5.11 Å². The van der Waals surface area contributed by atoms with Gasteiger partial charge in [0.05, 0.1) is 22.2 Å². The van der Waals surface area contributed by atoms with Gasteiger partial charge in [-0.05, 0) is 36.8 Å². The fourth-order valence-electron chi connectivity index (χ4n) is 4.02. The Hall–Kier alpha value is -3.81. The number of benzene rings is 2. The number of halogens is 1. The topological polar surface area (TPSA) is 83.4 Å². The zero-order valence-electron chi connectivity index (χ0n) is 18.0. The van der Waals surface area contributed by atoms with Crippen LogP contribution in [0.4, 0.5) is 5.69 Å². The minimum atomic E-state index is -0.867. The summed E-state index contributed by atoms with van der Waals surface area (Å²) in [6, 6.07) is 18.9. The lowest BCUT2D eigenvalue weighted by Crippen LogP contribution is -2.31. The van der Waals surface area contributed by atoms with Crippen molar-refractivity contribution in [1.29, 1.82) is 0 Å². The Kier molecular flexibility index (Phi) is 5.73. The van der Waals surface area contributed by atoms with Crippen LogP contribution >= 0.6 is 22.9 Å². The molecule has 1 N–H and O–H groups in total. The fraction of sp³-hybridized carbons (Fsp3) is 0.0769. The zero-order chi connectivity index (χ0) is 23.8. The second-order valence-corrected chi connectivity index (χ2v) is 9.17. The minimum Gasteiger partial charge on any atom is -0.503 e. The first-order valence-corrected chi connectivity index (χ1v) is 11.6. The average Bonchev–Trinajstić information content (AvgIpc) is 3.37. The number of Topliss-reactive ketones (excluding diaryl/α,β-unsaturated/α-hetero) is 1. The third kappa shape index (κ3) is 3.79. The predicted molar refractivity (Wildman–Crippen MR) is 132 cm³/mol. The fourth-order valence-corrected chi connectivity index (χ4v) is 5.23. The number of anilines is 1. The summed E-state index contributed by atoms with van der Waals surface area (Å²) in [6.45, 7) is 1.75. The maximum atomic E-state index is 13.8. The quantitative estimate of drug-likeness (QED) is 0.352. The third-order valence-electron chi connectivity index (χ3n) is 5.56. The highest BCUT2D eigenvalue weighted by atomic mass is 35.5. The van der Waals surface area contributed by atoms with Crippen molar-refractivity contribution in [2.24, 2.45) is 0 Å². The van der Waals surface area contributed by atoms with Crippen LogP contribution in [0.1, 0.15) is 27.0 Å². The first kappa shape index (κ1) is 22.0. The summed E-state index contributed by atoms with van der Waals surface area (Å²) in [5, 5.41) is 12.1. The van der Waals surface area contributed by atoms with Crippen LogP contribution in [0, 0.1) is 6.92 Å². The first-order valence-electron chi connectivity index (χ1n) is 10.5. The Labute approximate surface area is 204 Å². The molecule has 168 valence electrons. The number of aliphatic hydroxyl groups excluding tert-OH is 1. The van der Waals surface area contributed by atoms with Crippen LogP contribution in [0.2, 0.25) is 5.02 Å². The molecule has 0 saturated heterocycles. The van der Waals surface area contributed by atoms with Crippen LogP contribution < -0.4 is 4.90 Å². The van der Waals surface area contributed by atoms with E-state index in [-0.39, 0.29) is 5.57 Å². The average molecular weight is 488 g/mol. The molecule has 1 amide bonds. The van der Waals surface area contributed by atoms with E-state index in [0.717, 1.165) is 5.56 Å². The van der Waals surface area contributed by atoms with E-state index in [1.165, 1.54) is 16.2 Å². The van der Waals surface area contributed by atoms with Crippen molar-refractivity contribution in [3.05, 3.63) is 112 Å². The molecule has 2 aromatic heterocycles. The monoisotopic (exact) mass is 487 g/mol. The van der Waals surface area contributed by atoms with Gasteiger partial charge in [-0.2, -0.15) is 0 Å². The standard InChI is InChI=1S/C26H18ClN3O3S/c1-15-24(34-25(29-15)16-7-3-2-4-8-16)22(31)20-21(17-9-6-12-28-14-17)30(26(33)23(20)32)19-11-5-10-18(27)13-19/h2-14,21,32H,1H3. The minimum absolute atomic E-state index is 0.00987. The summed E-state index contributed by atoms with van der Waals surface area (Å²) < 4.78 is 0. The summed E-state index contributed by atoms with van der Waals surface area (Å²) in [5.41, 5.74) is 2.47. The number of hydrogen-bond acceptors (Lipinski definition) is 6. The van der Waals surface area contributed by atoms with Crippen molar-refractivity contribution >= 4 is 40.3 Å². The van der Waals surface area contributed by atoms with Crippen molar-refractivity contribution in [1.82, 2.24) is 9.97 Å². The Bertz CT molecular complexity index is 1430. The molecule has 5 rings (SSSR count). The maximum Gasteiger partial charge on any atom is 0.294 e. The summed E-state index contributed by atoms with van der Waals surface area (Å²) in [6.07, 6.45) is 3.19. The van der Waals surface area contributed by atoms with Crippen LogP contribution in [0.3, 0.4) is 0 Å². The number of thiazole rings is 1. The van der Waals surface area contributed by atoms with E-state index in [4.69, 9.17) is 11.6 Å². The van der Waals surface area contributed by atoms with E-state index in [0.29, 0.717) is 31.9 Å². The van der Waals surface area contributed by atoms with Crippen LogP contribution in [0.5, 0.6) is 0 Å². The molecule has 1 unspecified atom stereocenters. The number of rotatable bonds is 5. The summed E-state index contributed by atoms with van der Waals surface area (Å²) >= 11 is 7.41. The smallest absolute Gasteiger partial charge is 0.294 e. The van der Waals surface area contributed by atoms with E-state index < -0.39 is 23.5 Å². The SMILES string of the molecule is Cc1nc(-c2ccccc2)sc1C(=O)C1=C(O)C(=O)N(c2cccc(Cl)c2)C1c1cccnc1. The van der Waals surface area contributed by atoms with Gasteiger partial charge in [0, 0.05) is 28.7 Å². The molecule has 8 heteroatoms. The summed E-state index contributed by atoms with van der Waals surface area (Å²) in [7, 11) is 0. The predicted octanol–water partition coefficient (Wildman–Crippen LogP) is 5.95. The molecular formula is C26H18ClN3O3S. The highest BCUT2D eigenvalue weighted by Gasteiger charge is 2.45. The van der Waals surface area contributed by atoms with Gasteiger partial charge in [-0.25, -0.2) is 4.98 Å². The first-order chi connectivity index (χ1) is 16.5. The molecule has 0 bridgehead atoms. The lowest BCUT2D eigenvalue weighted by Gasteiger charge is -2.26. The number of amides is 1. The normalized spacial score (nSPS) is 15.8. The molecule has 6 nitrogen and oxygen atoms in total. The number of carbonyl (C=O) groups is 2. The van der Waals surface area contributed by atoms with Gasteiger partial charge in [-0.3, -0.25) is 19.5 Å². The third-order valence-corrected chi connectivity index (χ3v) is 7.00. The van der Waals surface area contributed by atoms with Gasteiger partial charge in [0.1, 0.15) is 5.01 Å². The molecule has 0 aliphatic carbocycles. The van der Waals surface area contributed by atoms with Crippen molar-refractivity contribution < 1.29 is 14.7 Å². The molecule has 0 saturated carbocycles. The number of aromatic nitrogens is 2. The molecule has 34 heavy (non-hydrogen) atoms. The molecule has 0 radical (unpaired) electrons. The highest BCUT2D eigenvalue weighted by Crippen LogP contribution is 2.43. The second-order valence-electron chi connectivity index (χ2n) is 7.73. The van der Waals surface area contributed by atoms with Crippen LogP contribution in [0.15, 0.2) is 90.5 Å². The van der Waals surface area contributed by atoms with Gasteiger partial charge in [0.15, 0.2) is 5.76 Å². The van der Waals surface area contributed by atoms with Gasteiger partial charge in [-0.1, -0.05) is 54.1 Å². The van der Waals surface area contributed by atoms with Crippen molar-refractivity contribution in [2.75, 3.05) is 4.90 Å². The Morgan fingerprint density at radius 1 is 1.09 bits per heavy atom. The summed E-state index contributed by atoms with van der Waals surface area (Å²) in [5.74, 6) is -1.71. The number of hydrogen-bond donors (Lipinski definition) is 1. The number of nitrogens with zero attached hydrogens (tertiary/aromatic N) is 3. The molecule has 1 aliphatic heterocycles. The van der Waals surface area contributed by atoms with Crippen LogP contribution in [-0.2, 0) is 4.79 Å². The molecule has 0 fully saturated rings. The molecule has 4 aromatic rings. The van der Waals surface area contributed by atoms with Gasteiger partial charge in [0.2, 0.25) is 5.78 Å². The number of pyridine rings is 1. The van der Waals surface area contributed by atoms with Crippen molar-refractivity contribution in [3.8, 4) is 10.6 Å². The Morgan fingerprint density at radius 3 is 2.59 bits per heavy atom. The molecular weight excluding hydrogens is 470 g/mol. The maximum absolute atomic E-state index is 13.8. The number of carbonyl (C=O) groups excluding carboxylic acids is 2. The van der Waals surface area contributed by atoms with E-state index in [1.54, 1.807) is 55.7 Å². The summed E-state index contributed by atoms with van der Waals surface area (Å²) in [4.78, 5) is 37.5. The molecule has 2 aromatic carbocycles. The van der Waals surface area contributed by atoms with Gasteiger partial charge in [0.25, 0.3) is 5.91 Å². The van der Waals surface area contributed by atoms with E-state index >= 15 is 0 Å². The van der Waals surface area contributed by atoms with E-state index in [1.807, 2.05) is 30.3 Å². The van der Waals surface area contributed by atoms with Crippen LogP contribution in [-0.4, -0.2) is 26.8 Å². The van der Waals surface area contributed by atoms with E-state index in [2.05, 4.69) is 9.97 Å². The number of aryl methyl sites for hydroxylation is 1. The molecule has 0 spiro atoms. The second kappa shape index (κ2) is 8.85. The lowest BCUT2D eigenvalue weighted by atomic mass is 9.96. The number of aliphatic hydroxyl groups is 1. The van der Waals surface area contributed by atoms with Crippen molar-refractivity contribution in [3.63, 3.8) is 0 Å². The Balaban J connectivity index is 1.63.